The lowest BCUT2D eigenvalue weighted by atomic mass is 9.97. The van der Waals surface area contributed by atoms with E-state index in [9.17, 15) is 13.2 Å². The van der Waals surface area contributed by atoms with Gasteiger partial charge in [-0.15, -0.1) is 0 Å². The molecule has 2 rings (SSSR count). The highest BCUT2D eigenvalue weighted by molar-refractivity contribution is 5.77. The highest BCUT2D eigenvalue weighted by Gasteiger charge is 2.39. The molecule has 2 nitrogen and oxygen atoms in total. The van der Waals surface area contributed by atoms with Crippen LogP contribution in [0.5, 0.6) is 0 Å². The van der Waals surface area contributed by atoms with Crippen molar-refractivity contribution in [2.45, 2.75) is 12.1 Å². The molecule has 2 aromatic rings. The molecule has 0 aliphatic rings. The van der Waals surface area contributed by atoms with Crippen LogP contribution >= 0.6 is 0 Å². The fourth-order valence-electron chi connectivity index (χ4n) is 1.66. The van der Waals surface area contributed by atoms with Crippen LogP contribution in [0, 0.1) is 0 Å². The van der Waals surface area contributed by atoms with Gasteiger partial charge in [0, 0.05) is 11.9 Å². The summed E-state index contributed by atoms with van der Waals surface area (Å²) in [6.07, 6.45) is -2.87. The first-order chi connectivity index (χ1) is 7.52. The normalized spacial score (nSPS) is 14.2. The maximum absolute atomic E-state index is 12.6. The van der Waals surface area contributed by atoms with E-state index in [4.69, 9.17) is 10.2 Å². The van der Waals surface area contributed by atoms with Crippen LogP contribution in [0.3, 0.4) is 0 Å². The summed E-state index contributed by atoms with van der Waals surface area (Å²) >= 11 is 0. The fraction of sp³-hybridized carbons (Fsp3) is 0.273. The number of halogens is 3. The Bertz CT molecular complexity index is 489. The zero-order chi connectivity index (χ0) is 11.8. The number of hydrogen-bond acceptors (Lipinski definition) is 2. The van der Waals surface area contributed by atoms with Crippen LogP contribution in [-0.2, 0) is 0 Å². The maximum atomic E-state index is 12.6. The Labute approximate surface area is 89.8 Å². The zero-order valence-electron chi connectivity index (χ0n) is 8.29. The van der Waals surface area contributed by atoms with Crippen LogP contribution in [0.25, 0.3) is 11.0 Å². The predicted octanol–water partition coefficient (Wildman–Crippen LogP) is 3.04. The van der Waals surface area contributed by atoms with Gasteiger partial charge in [0.05, 0.1) is 12.2 Å². The molecule has 5 heteroatoms. The van der Waals surface area contributed by atoms with Gasteiger partial charge in [0.1, 0.15) is 5.58 Å². The van der Waals surface area contributed by atoms with Gasteiger partial charge < -0.3 is 10.2 Å². The van der Waals surface area contributed by atoms with Gasteiger partial charge in [0.25, 0.3) is 0 Å². The second-order valence-corrected chi connectivity index (χ2v) is 3.55. The average Bonchev–Trinajstić information content (AvgIpc) is 2.63. The minimum atomic E-state index is -4.31. The van der Waals surface area contributed by atoms with Crippen molar-refractivity contribution in [3.8, 4) is 0 Å². The van der Waals surface area contributed by atoms with Crippen molar-refractivity contribution in [3.63, 3.8) is 0 Å². The summed E-state index contributed by atoms with van der Waals surface area (Å²) in [5.74, 6) is -1.62. The zero-order valence-corrected chi connectivity index (χ0v) is 8.29. The van der Waals surface area contributed by atoms with E-state index >= 15 is 0 Å². The quantitative estimate of drug-likeness (QED) is 0.859. The Hall–Kier alpha value is -1.49. The van der Waals surface area contributed by atoms with Crippen LogP contribution in [0.1, 0.15) is 11.5 Å². The first-order valence-electron chi connectivity index (χ1n) is 4.76. The molecule has 0 fully saturated rings. The van der Waals surface area contributed by atoms with Crippen molar-refractivity contribution in [2.75, 3.05) is 6.54 Å². The van der Waals surface area contributed by atoms with E-state index in [-0.39, 0.29) is 5.56 Å². The van der Waals surface area contributed by atoms with Gasteiger partial charge in [0.2, 0.25) is 0 Å². The van der Waals surface area contributed by atoms with Crippen LogP contribution in [0.2, 0.25) is 0 Å². The lowest BCUT2D eigenvalue weighted by Crippen LogP contribution is -2.27. The van der Waals surface area contributed by atoms with E-state index in [0.717, 1.165) is 0 Å². The second kappa shape index (κ2) is 3.83. The first-order valence-corrected chi connectivity index (χ1v) is 4.76. The molecular formula is C11H10F3NO. The van der Waals surface area contributed by atoms with Gasteiger partial charge in [-0.05, 0) is 23.8 Å². The molecule has 86 valence electrons. The Morgan fingerprint density at radius 2 is 2.00 bits per heavy atom. The average molecular weight is 229 g/mol. The summed E-state index contributed by atoms with van der Waals surface area (Å²) in [6.45, 7) is -0.452. The van der Waals surface area contributed by atoms with Crippen molar-refractivity contribution >= 4 is 11.0 Å². The molecule has 1 atom stereocenters. The van der Waals surface area contributed by atoms with E-state index in [1.807, 2.05) is 0 Å². The molecular weight excluding hydrogens is 219 g/mol. The van der Waals surface area contributed by atoms with Crippen LogP contribution < -0.4 is 5.73 Å². The molecule has 2 N–H and O–H groups in total. The molecule has 1 heterocycles. The molecule has 1 aromatic carbocycles. The summed E-state index contributed by atoms with van der Waals surface area (Å²) < 4.78 is 42.9. The minimum Gasteiger partial charge on any atom is -0.464 e. The van der Waals surface area contributed by atoms with Crippen molar-refractivity contribution in [2.24, 2.45) is 5.73 Å². The number of nitrogens with two attached hydrogens (primary N) is 1. The van der Waals surface area contributed by atoms with E-state index in [2.05, 4.69) is 0 Å². The van der Waals surface area contributed by atoms with Gasteiger partial charge in [-0.1, -0.05) is 6.07 Å². The van der Waals surface area contributed by atoms with Gasteiger partial charge in [-0.25, -0.2) is 0 Å². The summed E-state index contributed by atoms with van der Waals surface area (Å²) in [7, 11) is 0. The number of hydrogen-bond donors (Lipinski definition) is 1. The third-order valence-electron chi connectivity index (χ3n) is 2.51. The lowest BCUT2D eigenvalue weighted by molar-refractivity contribution is -0.148. The summed E-state index contributed by atoms with van der Waals surface area (Å²) in [5.41, 5.74) is 5.91. The number of furan rings is 1. The standard InChI is InChI=1S/C11H10F3NO/c12-11(13,14)9(6-15)7-1-2-10-8(5-7)3-4-16-10/h1-5,9H,6,15H2. The van der Waals surface area contributed by atoms with Gasteiger partial charge in [-0.2, -0.15) is 13.2 Å². The summed E-state index contributed by atoms with van der Waals surface area (Å²) in [6, 6.07) is 6.02. The van der Waals surface area contributed by atoms with Crippen molar-refractivity contribution in [1.82, 2.24) is 0 Å². The van der Waals surface area contributed by atoms with Crippen molar-refractivity contribution < 1.29 is 17.6 Å². The molecule has 0 bridgehead atoms. The molecule has 1 unspecified atom stereocenters. The molecule has 0 spiro atoms. The molecule has 0 aliphatic heterocycles. The number of alkyl halides is 3. The van der Waals surface area contributed by atoms with Crippen molar-refractivity contribution in [1.29, 1.82) is 0 Å². The summed E-state index contributed by atoms with van der Waals surface area (Å²) in [4.78, 5) is 0. The number of rotatable bonds is 2. The summed E-state index contributed by atoms with van der Waals surface area (Å²) in [5, 5.41) is 0.653. The van der Waals surface area contributed by atoms with Gasteiger partial charge in [0.15, 0.2) is 0 Å². The van der Waals surface area contributed by atoms with Crippen LogP contribution in [-0.4, -0.2) is 12.7 Å². The highest BCUT2D eigenvalue weighted by Crippen LogP contribution is 2.35. The molecule has 0 radical (unpaired) electrons. The molecule has 1 aromatic heterocycles. The molecule has 0 aliphatic carbocycles. The molecule has 0 saturated carbocycles. The van der Waals surface area contributed by atoms with Crippen LogP contribution in [0.4, 0.5) is 13.2 Å². The maximum Gasteiger partial charge on any atom is 0.396 e. The Morgan fingerprint density at radius 3 is 2.62 bits per heavy atom. The van der Waals surface area contributed by atoms with E-state index in [0.29, 0.717) is 11.0 Å². The van der Waals surface area contributed by atoms with Crippen molar-refractivity contribution in [3.05, 3.63) is 36.1 Å². The van der Waals surface area contributed by atoms with E-state index < -0.39 is 18.6 Å². The largest absolute Gasteiger partial charge is 0.464 e. The van der Waals surface area contributed by atoms with Gasteiger partial charge >= 0.3 is 6.18 Å². The SMILES string of the molecule is NCC(c1ccc2occc2c1)C(F)(F)F. The number of benzene rings is 1. The molecule has 0 saturated heterocycles. The first kappa shape index (κ1) is 11.0. The lowest BCUT2D eigenvalue weighted by Gasteiger charge is -2.18. The minimum absolute atomic E-state index is 0.170. The highest BCUT2D eigenvalue weighted by atomic mass is 19.4. The third-order valence-corrected chi connectivity index (χ3v) is 2.51. The third kappa shape index (κ3) is 1.90. The van der Waals surface area contributed by atoms with E-state index in [1.54, 1.807) is 6.07 Å². The van der Waals surface area contributed by atoms with E-state index in [1.165, 1.54) is 24.5 Å². The molecule has 16 heavy (non-hydrogen) atoms. The van der Waals surface area contributed by atoms with Gasteiger partial charge in [-0.3, -0.25) is 0 Å². The Kier molecular flexibility index (Phi) is 2.63. The predicted molar refractivity (Wildman–Crippen MR) is 54.1 cm³/mol. The topological polar surface area (TPSA) is 39.2 Å². The Morgan fingerprint density at radius 1 is 1.25 bits per heavy atom. The fourth-order valence-corrected chi connectivity index (χ4v) is 1.66. The molecule has 0 amide bonds. The Balaban J connectivity index is 2.45. The smallest absolute Gasteiger partial charge is 0.396 e. The number of fused-ring (bicyclic) bond motifs is 1. The van der Waals surface area contributed by atoms with Crippen LogP contribution in [0.15, 0.2) is 34.9 Å². The monoisotopic (exact) mass is 229 g/mol. The second-order valence-electron chi connectivity index (χ2n) is 3.55.